The van der Waals surface area contributed by atoms with Crippen molar-refractivity contribution >= 4 is 45.9 Å². The number of hydrogen-bond donors (Lipinski definition) is 2. The number of nitrogens with zero attached hydrogens (tertiary/aromatic N) is 3. The smallest absolute Gasteiger partial charge is 0.341 e. The molecule has 0 saturated heterocycles. The maximum atomic E-state index is 13.1. The van der Waals surface area contributed by atoms with Gasteiger partial charge in [0.05, 0.1) is 22.8 Å². The maximum absolute atomic E-state index is 13.1. The van der Waals surface area contributed by atoms with Gasteiger partial charge in [0.2, 0.25) is 5.91 Å². The van der Waals surface area contributed by atoms with Gasteiger partial charge in [-0.15, -0.1) is 21.5 Å². The van der Waals surface area contributed by atoms with Crippen molar-refractivity contribution in [2.24, 2.45) is 12.8 Å². The first-order valence-corrected chi connectivity index (χ1v) is 11.2. The lowest BCUT2D eigenvalue weighted by Gasteiger charge is -2.07. The number of ether oxygens (including phenoxy) is 1. The topological polar surface area (TPSA) is 129 Å². The highest BCUT2D eigenvalue weighted by Gasteiger charge is 2.26. The molecule has 0 unspecified atom stereocenters. The molecule has 0 aliphatic carbocycles. The summed E-state index contributed by atoms with van der Waals surface area (Å²) in [6.07, 6.45) is 0. The zero-order valence-corrected chi connectivity index (χ0v) is 19.1. The number of rotatable bonds is 8. The van der Waals surface area contributed by atoms with Crippen LogP contribution < -0.4 is 11.1 Å². The first-order valence-electron chi connectivity index (χ1n) is 9.41. The number of primary amides is 1. The molecule has 2 heterocycles. The number of nitrogens with one attached hydrogen (secondary N) is 1. The molecule has 168 valence electrons. The Hall–Kier alpha value is -3.25. The van der Waals surface area contributed by atoms with E-state index in [0.29, 0.717) is 22.1 Å². The predicted octanol–water partition coefficient (Wildman–Crippen LogP) is 3.00. The summed E-state index contributed by atoms with van der Waals surface area (Å²) in [5.41, 5.74) is 6.53. The lowest BCUT2D eigenvalue weighted by molar-refractivity contribution is -0.113. The van der Waals surface area contributed by atoms with Crippen LogP contribution in [0.3, 0.4) is 0 Å². The highest BCUT2D eigenvalue weighted by molar-refractivity contribution is 7.99. The summed E-state index contributed by atoms with van der Waals surface area (Å²) in [4.78, 5) is 36.7. The summed E-state index contributed by atoms with van der Waals surface area (Å²) in [6.45, 7) is 3.38. The minimum absolute atomic E-state index is 0.0273. The fourth-order valence-electron chi connectivity index (χ4n) is 2.87. The fourth-order valence-corrected chi connectivity index (χ4v) is 4.64. The number of thiophene rings is 1. The highest BCUT2D eigenvalue weighted by Crippen LogP contribution is 2.34. The van der Waals surface area contributed by atoms with Gasteiger partial charge in [0, 0.05) is 12.6 Å². The van der Waals surface area contributed by atoms with Crippen molar-refractivity contribution in [1.82, 2.24) is 14.8 Å². The van der Waals surface area contributed by atoms with Crippen molar-refractivity contribution in [3.8, 4) is 11.4 Å². The van der Waals surface area contributed by atoms with Crippen LogP contribution in [0.25, 0.3) is 11.4 Å². The van der Waals surface area contributed by atoms with E-state index < -0.39 is 17.8 Å². The third-order valence-corrected chi connectivity index (χ3v) is 6.61. The van der Waals surface area contributed by atoms with Gasteiger partial charge in [-0.2, -0.15) is 0 Å². The number of carbonyl (C=O) groups excluding carboxylic acids is 3. The number of thioether (sulfide) groups is 1. The van der Waals surface area contributed by atoms with Crippen LogP contribution in [0.5, 0.6) is 0 Å². The second-order valence-corrected chi connectivity index (χ2v) is 8.52. The summed E-state index contributed by atoms with van der Waals surface area (Å²) in [5.74, 6) is -1.61. The third kappa shape index (κ3) is 4.97. The van der Waals surface area contributed by atoms with Gasteiger partial charge >= 0.3 is 5.97 Å². The van der Waals surface area contributed by atoms with E-state index in [1.165, 1.54) is 12.1 Å². The Morgan fingerprint density at radius 1 is 1.25 bits per heavy atom. The van der Waals surface area contributed by atoms with Crippen molar-refractivity contribution in [2.45, 2.75) is 19.0 Å². The first kappa shape index (κ1) is 23.4. The largest absolute Gasteiger partial charge is 0.462 e. The molecule has 1 aromatic carbocycles. The average Bonchev–Trinajstić information content (AvgIpc) is 3.27. The Morgan fingerprint density at radius 3 is 2.56 bits per heavy atom. The van der Waals surface area contributed by atoms with Crippen LogP contribution in [0.4, 0.5) is 9.39 Å². The maximum Gasteiger partial charge on any atom is 0.341 e. The Labute approximate surface area is 191 Å². The molecule has 3 rings (SSSR count). The lowest BCUT2D eigenvalue weighted by Crippen LogP contribution is -2.17. The molecule has 0 spiro atoms. The molecule has 0 radical (unpaired) electrons. The Balaban J connectivity index is 1.73. The van der Waals surface area contributed by atoms with Crippen LogP contribution >= 0.6 is 23.1 Å². The Morgan fingerprint density at radius 2 is 1.94 bits per heavy atom. The molecule has 0 aliphatic heterocycles. The predicted molar refractivity (Wildman–Crippen MR) is 119 cm³/mol. The molecule has 2 amide bonds. The number of anilines is 1. The Kier molecular flexibility index (Phi) is 7.26. The van der Waals surface area contributed by atoms with E-state index in [1.54, 1.807) is 37.6 Å². The molecule has 12 heteroatoms. The normalized spacial score (nSPS) is 10.8. The zero-order chi connectivity index (χ0) is 23.4. The summed E-state index contributed by atoms with van der Waals surface area (Å²) in [7, 11) is 1.74. The monoisotopic (exact) mass is 477 g/mol. The van der Waals surface area contributed by atoms with Crippen LogP contribution in [-0.4, -0.2) is 44.9 Å². The van der Waals surface area contributed by atoms with Gasteiger partial charge in [-0.3, -0.25) is 9.59 Å². The van der Waals surface area contributed by atoms with Gasteiger partial charge in [0.25, 0.3) is 5.91 Å². The molecule has 0 fully saturated rings. The van der Waals surface area contributed by atoms with Crippen molar-refractivity contribution in [3.05, 3.63) is 46.1 Å². The SMILES string of the molecule is CCOC(=O)c1c(NC(=O)CSc2nnc(-c3ccc(F)cc3)n2C)sc(C(N)=O)c1C. The number of hydrogen-bond acceptors (Lipinski definition) is 8. The lowest BCUT2D eigenvalue weighted by atomic mass is 10.1. The zero-order valence-electron chi connectivity index (χ0n) is 17.5. The molecule has 0 bridgehead atoms. The van der Waals surface area contributed by atoms with Crippen LogP contribution in [0.1, 0.15) is 32.5 Å². The molecule has 2 aromatic heterocycles. The van der Waals surface area contributed by atoms with Crippen LogP contribution in [0.2, 0.25) is 0 Å². The van der Waals surface area contributed by atoms with Gasteiger partial charge in [-0.05, 0) is 43.7 Å². The standard InChI is InChI=1S/C20H20FN5O4S2/c1-4-30-19(29)14-10(2)15(16(22)28)32-18(14)23-13(27)9-31-20-25-24-17(26(20)3)11-5-7-12(21)8-6-11/h5-8H,4,9H2,1-3H3,(H2,22,28)(H,23,27). The fraction of sp³-hybridized carbons (Fsp3) is 0.250. The summed E-state index contributed by atoms with van der Waals surface area (Å²) in [5, 5.41) is 11.5. The van der Waals surface area contributed by atoms with E-state index in [-0.39, 0.29) is 33.6 Å². The third-order valence-electron chi connectivity index (χ3n) is 4.37. The number of benzene rings is 1. The van der Waals surface area contributed by atoms with Gasteiger partial charge < -0.3 is 20.4 Å². The summed E-state index contributed by atoms with van der Waals surface area (Å²) < 4.78 is 19.9. The minimum atomic E-state index is -0.694. The van der Waals surface area contributed by atoms with Crippen LogP contribution in [0, 0.1) is 12.7 Å². The Bertz CT molecular complexity index is 1170. The second kappa shape index (κ2) is 9.92. The van der Waals surface area contributed by atoms with E-state index in [0.717, 1.165) is 23.1 Å². The van der Waals surface area contributed by atoms with Crippen molar-refractivity contribution in [1.29, 1.82) is 0 Å². The number of esters is 1. The molecule has 0 atom stereocenters. The molecule has 0 saturated carbocycles. The summed E-state index contributed by atoms with van der Waals surface area (Å²) >= 11 is 2.06. The van der Waals surface area contributed by atoms with Gasteiger partial charge in [0.1, 0.15) is 10.8 Å². The van der Waals surface area contributed by atoms with E-state index in [1.807, 2.05) is 0 Å². The van der Waals surface area contributed by atoms with E-state index >= 15 is 0 Å². The molecule has 3 N–H and O–H groups in total. The second-order valence-electron chi connectivity index (χ2n) is 6.55. The molecule has 3 aromatic rings. The number of amides is 2. The van der Waals surface area contributed by atoms with E-state index in [9.17, 15) is 18.8 Å². The van der Waals surface area contributed by atoms with E-state index in [2.05, 4.69) is 15.5 Å². The van der Waals surface area contributed by atoms with E-state index in [4.69, 9.17) is 10.5 Å². The number of nitrogens with two attached hydrogens (primary N) is 1. The molecular weight excluding hydrogens is 457 g/mol. The van der Waals surface area contributed by atoms with Gasteiger partial charge in [-0.1, -0.05) is 11.8 Å². The number of carbonyl (C=O) groups is 3. The number of halogens is 1. The minimum Gasteiger partial charge on any atom is -0.462 e. The highest BCUT2D eigenvalue weighted by atomic mass is 32.2. The van der Waals surface area contributed by atoms with Gasteiger partial charge in [0.15, 0.2) is 11.0 Å². The summed E-state index contributed by atoms with van der Waals surface area (Å²) in [6, 6.07) is 5.84. The van der Waals surface area contributed by atoms with Gasteiger partial charge in [-0.25, -0.2) is 9.18 Å². The molecule has 32 heavy (non-hydrogen) atoms. The van der Waals surface area contributed by atoms with Crippen LogP contribution in [-0.2, 0) is 16.6 Å². The van der Waals surface area contributed by atoms with Crippen molar-refractivity contribution in [3.63, 3.8) is 0 Å². The molecule has 0 aliphatic rings. The van der Waals surface area contributed by atoms with Crippen molar-refractivity contribution < 1.29 is 23.5 Å². The number of aromatic nitrogens is 3. The van der Waals surface area contributed by atoms with Crippen LogP contribution in [0.15, 0.2) is 29.4 Å². The average molecular weight is 478 g/mol. The quantitative estimate of drug-likeness (QED) is 0.377. The van der Waals surface area contributed by atoms with Crippen molar-refractivity contribution in [2.75, 3.05) is 17.7 Å². The molecular formula is C20H20FN5O4S2. The first-order chi connectivity index (χ1) is 15.2. The molecule has 9 nitrogen and oxygen atoms in total.